The van der Waals surface area contributed by atoms with Crippen LogP contribution in [0, 0.1) is 18.3 Å². The van der Waals surface area contributed by atoms with Gasteiger partial charge in [-0.05, 0) is 61.4 Å². The lowest BCUT2D eigenvalue weighted by Gasteiger charge is -2.19. The quantitative estimate of drug-likeness (QED) is 0.321. The van der Waals surface area contributed by atoms with Crippen molar-refractivity contribution < 1.29 is 9.59 Å². The predicted molar refractivity (Wildman–Crippen MR) is 138 cm³/mol. The minimum atomic E-state index is -0.601. The molecule has 1 atom stereocenters. The Hall–Kier alpha value is -3.24. The fourth-order valence-corrected chi connectivity index (χ4v) is 5.14. The third-order valence-corrected chi connectivity index (χ3v) is 7.15. The standard InChI is InChI=1S/C26H19Cl2N3O2S/c1-16-6-12-20(13-7-16)31-25(33)23(14-17-4-2-3-5-22(17)28)34-26(31)21(15-29)24(32)30-19-10-8-18(27)9-11-19/h2-13,23H,14H2,1H3,(H,30,32)/b26-21-/t23-/m1/s1. The molecule has 1 heterocycles. The Labute approximate surface area is 212 Å². The van der Waals surface area contributed by atoms with E-state index in [9.17, 15) is 14.9 Å². The topological polar surface area (TPSA) is 73.2 Å². The molecule has 0 saturated carbocycles. The van der Waals surface area contributed by atoms with E-state index in [2.05, 4.69) is 5.32 Å². The number of hydrogen-bond donors (Lipinski definition) is 1. The third-order valence-electron chi connectivity index (χ3n) is 5.26. The number of nitriles is 1. The molecule has 5 nitrogen and oxygen atoms in total. The van der Waals surface area contributed by atoms with Crippen LogP contribution in [0.25, 0.3) is 0 Å². The summed E-state index contributed by atoms with van der Waals surface area (Å²) in [5, 5.41) is 13.5. The lowest BCUT2D eigenvalue weighted by molar-refractivity contribution is -0.117. The second-order valence-corrected chi connectivity index (χ2v) is 9.70. The summed E-state index contributed by atoms with van der Waals surface area (Å²) in [6.07, 6.45) is 0.368. The number of carbonyl (C=O) groups excluding carboxylic acids is 2. The molecule has 2 amide bonds. The van der Waals surface area contributed by atoms with Crippen LogP contribution < -0.4 is 10.2 Å². The van der Waals surface area contributed by atoms with Crippen molar-refractivity contribution in [3.63, 3.8) is 0 Å². The van der Waals surface area contributed by atoms with Gasteiger partial charge in [0.2, 0.25) is 5.91 Å². The van der Waals surface area contributed by atoms with Gasteiger partial charge in [-0.25, -0.2) is 0 Å². The van der Waals surface area contributed by atoms with Gasteiger partial charge in [-0.1, -0.05) is 70.9 Å². The minimum absolute atomic E-state index is 0.143. The van der Waals surface area contributed by atoms with E-state index in [-0.39, 0.29) is 11.5 Å². The monoisotopic (exact) mass is 507 g/mol. The maximum absolute atomic E-state index is 13.5. The van der Waals surface area contributed by atoms with E-state index in [4.69, 9.17) is 23.2 Å². The first kappa shape index (κ1) is 23.9. The molecule has 1 aliphatic heterocycles. The summed E-state index contributed by atoms with van der Waals surface area (Å²) in [5.41, 5.74) is 2.79. The van der Waals surface area contributed by atoms with Crippen molar-refractivity contribution in [1.29, 1.82) is 5.26 Å². The van der Waals surface area contributed by atoms with Crippen LogP contribution in [0.4, 0.5) is 11.4 Å². The van der Waals surface area contributed by atoms with E-state index < -0.39 is 11.2 Å². The Bertz CT molecular complexity index is 1320. The highest BCUT2D eigenvalue weighted by atomic mass is 35.5. The van der Waals surface area contributed by atoms with Crippen LogP contribution in [0.3, 0.4) is 0 Å². The number of nitrogens with zero attached hydrogens (tertiary/aromatic N) is 2. The van der Waals surface area contributed by atoms with Crippen LogP contribution in [-0.4, -0.2) is 17.1 Å². The average molecular weight is 508 g/mol. The maximum atomic E-state index is 13.5. The van der Waals surface area contributed by atoms with Gasteiger partial charge >= 0.3 is 0 Å². The molecule has 170 valence electrons. The lowest BCUT2D eigenvalue weighted by Crippen LogP contribution is -2.31. The first-order chi connectivity index (χ1) is 16.4. The van der Waals surface area contributed by atoms with Gasteiger partial charge in [0.1, 0.15) is 16.7 Å². The van der Waals surface area contributed by atoms with Crippen molar-refractivity contribution >= 4 is 58.2 Å². The molecule has 3 aromatic rings. The van der Waals surface area contributed by atoms with E-state index in [1.54, 1.807) is 42.5 Å². The van der Waals surface area contributed by atoms with E-state index in [0.29, 0.717) is 32.9 Å². The molecule has 0 unspecified atom stereocenters. The second-order valence-electron chi connectivity index (χ2n) is 7.66. The van der Waals surface area contributed by atoms with Gasteiger partial charge in [0.25, 0.3) is 5.91 Å². The normalized spacial score (nSPS) is 16.8. The molecule has 0 bridgehead atoms. The van der Waals surface area contributed by atoms with Gasteiger partial charge in [-0.15, -0.1) is 0 Å². The SMILES string of the molecule is Cc1ccc(N2C(=O)[C@@H](Cc3ccccc3Cl)S/C2=C(/C#N)C(=O)Nc2ccc(Cl)cc2)cc1. The van der Waals surface area contributed by atoms with E-state index >= 15 is 0 Å². The Morgan fingerprint density at radius 1 is 1.06 bits per heavy atom. The Kier molecular flexibility index (Phi) is 7.28. The number of aryl methyl sites for hydroxylation is 1. The molecular weight excluding hydrogens is 489 g/mol. The number of amides is 2. The van der Waals surface area contributed by atoms with Crippen molar-refractivity contribution in [3.05, 3.63) is 105 Å². The molecule has 1 aliphatic rings. The van der Waals surface area contributed by atoms with E-state index in [1.165, 1.54) is 16.7 Å². The summed E-state index contributed by atoms with van der Waals surface area (Å²) in [6.45, 7) is 1.95. The number of nitrogens with one attached hydrogen (secondary N) is 1. The van der Waals surface area contributed by atoms with Crippen molar-refractivity contribution in [2.24, 2.45) is 0 Å². The number of benzene rings is 3. The van der Waals surface area contributed by atoms with Crippen LogP contribution in [0.15, 0.2) is 83.4 Å². The number of halogens is 2. The smallest absolute Gasteiger partial charge is 0.269 e. The Morgan fingerprint density at radius 2 is 1.74 bits per heavy atom. The van der Waals surface area contributed by atoms with E-state index in [0.717, 1.165) is 11.1 Å². The van der Waals surface area contributed by atoms with Crippen LogP contribution in [0.2, 0.25) is 10.0 Å². The average Bonchev–Trinajstić information content (AvgIpc) is 3.13. The molecule has 0 spiro atoms. The number of thioether (sulfide) groups is 1. The molecule has 0 radical (unpaired) electrons. The van der Waals surface area contributed by atoms with Gasteiger partial charge < -0.3 is 5.32 Å². The van der Waals surface area contributed by atoms with Gasteiger partial charge in [0.15, 0.2) is 0 Å². The second kappa shape index (κ2) is 10.4. The fraction of sp³-hybridized carbons (Fsp3) is 0.115. The van der Waals surface area contributed by atoms with Crippen molar-refractivity contribution in [2.75, 3.05) is 10.2 Å². The number of rotatable bonds is 5. The van der Waals surface area contributed by atoms with Crippen LogP contribution in [0.1, 0.15) is 11.1 Å². The summed E-state index contributed by atoms with van der Waals surface area (Å²) in [7, 11) is 0. The number of anilines is 2. The molecule has 8 heteroatoms. The van der Waals surface area contributed by atoms with Gasteiger partial charge in [-0.2, -0.15) is 5.26 Å². The van der Waals surface area contributed by atoms with Crippen molar-refractivity contribution in [3.8, 4) is 6.07 Å². The molecule has 4 rings (SSSR count). The fourth-order valence-electron chi connectivity index (χ4n) is 3.51. The zero-order chi connectivity index (χ0) is 24.2. The highest BCUT2D eigenvalue weighted by Crippen LogP contribution is 2.42. The number of hydrogen-bond acceptors (Lipinski definition) is 4. The Morgan fingerprint density at radius 3 is 2.38 bits per heavy atom. The van der Waals surface area contributed by atoms with Gasteiger partial charge in [0.05, 0.1) is 5.25 Å². The third kappa shape index (κ3) is 5.13. The van der Waals surface area contributed by atoms with E-state index in [1.807, 2.05) is 43.3 Å². The summed E-state index contributed by atoms with van der Waals surface area (Å²) in [6, 6.07) is 23.3. The lowest BCUT2D eigenvalue weighted by atomic mass is 10.1. The van der Waals surface area contributed by atoms with Crippen molar-refractivity contribution in [1.82, 2.24) is 0 Å². The predicted octanol–water partition coefficient (Wildman–Crippen LogP) is 6.37. The Balaban J connectivity index is 1.73. The summed E-state index contributed by atoms with van der Waals surface area (Å²) < 4.78 is 0. The zero-order valence-corrected chi connectivity index (χ0v) is 20.4. The molecule has 34 heavy (non-hydrogen) atoms. The minimum Gasteiger partial charge on any atom is -0.321 e. The highest BCUT2D eigenvalue weighted by Gasteiger charge is 2.41. The van der Waals surface area contributed by atoms with Gasteiger partial charge in [0, 0.05) is 21.4 Å². The summed E-state index contributed by atoms with van der Waals surface area (Å²) in [5.74, 6) is -0.813. The molecule has 3 aromatic carbocycles. The van der Waals surface area contributed by atoms with Crippen LogP contribution in [0.5, 0.6) is 0 Å². The first-order valence-corrected chi connectivity index (χ1v) is 12.0. The van der Waals surface area contributed by atoms with Crippen LogP contribution in [-0.2, 0) is 16.0 Å². The largest absolute Gasteiger partial charge is 0.321 e. The summed E-state index contributed by atoms with van der Waals surface area (Å²) in [4.78, 5) is 28.1. The molecule has 0 aromatic heterocycles. The summed E-state index contributed by atoms with van der Waals surface area (Å²) >= 11 is 13.4. The molecule has 1 N–H and O–H groups in total. The number of carbonyl (C=O) groups is 2. The molecular formula is C26H19Cl2N3O2S. The molecule has 0 aliphatic carbocycles. The van der Waals surface area contributed by atoms with Crippen LogP contribution >= 0.6 is 35.0 Å². The zero-order valence-electron chi connectivity index (χ0n) is 18.1. The van der Waals surface area contributed by atoms with Crippen molar-refractivity contribution in [2.45, 2.75) is 18.6 Å². The van der Waals surface area contributed by atoms with Gasteiger partial charge in [-0.3, -0.25) is 14.5 Å². The molecule has 1 saturated heterocycles. The first-order valence-electron chi connectivity index (χ1n) is 10.4. The maximum Gasteiger partial charge on any atom is 0.269 e. The molecule has 1 fully saturated rings. The highest BCUT2D eigenvalue weighted by molar-refractivity contribution is 8.05.